The summed E-state index contributed by atoms with van der Waals surface area (Å²) < 4.78 is 47.7. The van der Waals surface area contributed by atoms with Gasteiger partial charge in [-0.25, -0.2) is 22.5 Å². The molecule has 0 aliphatic heterocycles. The number of ether oxygens (including phenoxy) is 1. The van der Waals surface area contributed by atoms with Crippen molar-refractivity contribution in [2.24, 2.45) is 0 Å². The molecule has 0 radical (unpaired) electrons. The molecule has 0 aliphatic rings. The summed E-state index contributed by atoms with van der Waals surface area (Å²) in [7, 11) is -2.14. The van der Waals surface area contributed by atoms with Gasteiger partial charge in [0.05, 0.1) is 24.8 Å². The number of aryl methyl sites for hydroxylation is 2. The molecular weight excluding hydrogens is 393 g/mol. The molecule has 1 heterocycles. The first kappa shape index (κ1) is 20.8. The molecule has 29 heavy (non-hydrogen) atoms. The van der Waals surface area contributed by atoms with Crippen LogP contribution < -0.4 is 9.46 Å². The number of benzene rings is 2. The van der Waals surface area contributed by atoms with Crippen molar-refractivity contribution in [2.45, 2.75) is 20.4 Å². The molecule has 1 aromatic heterocycles. The smallest absolute Gasteiger partial charge is 0.234 e. The minimum Gasteiger partial charge on any atom is -0.495 e. The highest BCUT2D eigenvalue weighted by Crippen LogP contribution is 2.25. The van der Waals surface area contributed by atoms with Gasteiger partial charge in [0.1, 0.15) is 11.6 Å². The normalized spacial score (nSPS) is 11.9. The van der Waals surface area contributed by atoms with Gasteiger partial charge >= 0.3 is 0 Å². The van der Waals surface area contributed by atoms with Crippen LogP contribution in [-0.2, 0) is 16.6 Å². The van der Waals surface area contributed by atoms with Gasteiger partial charge < -0.3 is 9.30 Å². The third-order valence-electron chi connectivity index (χ3n) is 4.21. The Kier molecular flexibility index (Phi) is 6.14. The molecule has 1 N–H and O–H groups in total. The van der Waals surface area contributed by atoms with Gasteiger partial charge in [-0.3, -0.25) is 0 Å². The number of nitrogens with zero attached hydrogens (tertiary/aromatic N) is 2. The van der Waals surface area contributed by atoms with Crippen LogP contribution >= 0.6 is 0 Å². The number of halogens is 1. The van der Waals surface area contributed by atoms with Crippen LogP contribution in [0.25, 0.3) is 11.8 Å². The molecule has 0 atom stereocenters. The second-order valence-electron chi connectivity index (χ2n) is 6.66. The average Bonchev–Trinajstić information content (AvgIpc) is 3.10. The predicted molar refractivity (Wildman–Crippen MR) is 111 cm³/mol. The van der Waals surface area contributed by atoms with Crippen LogP contribution in [-0.4, -0.2) is 25.1 Å². The Morgan fingerprint density at radius 2 is 2.00 bits per heavy atom. The van der Waals surface area contributed by atoms with Gasteiger partial charge in [0.15, 0.2) is 0 Å². The summed E-state index contributed by atoms with van der Waals surface area (Å²) >= 11 is 0. The fraction of sp³-hybridized carbons (Fsp3) is 0.190. The van der Waals surface area contributed by atoms with Crippen LogP contribution in [0.1, 0.15) is 22.4 Å². The van der Waals surface area contributed by atoms with Crippen LogP contribution in [0, 0.1) is 19.7 Å². The van der Waals surface area contributed by atoms with Crippen LogP contribution in [0.3, 0.4) is 0 Å². The molecule has 8 heteroatoms. The molecule has 0 aliphatic carbocycles. The number of nitrogens with one attached hydrogen (secondary N) is 1. The zero-order valence-corrected chi connectivity index (χ0v) is 17.2. The minimum atomic E-state index is -3.69. The van der Waals surface area contributed by atoms with E-state index in [4.69, 9.17) is 4.74 Å². The van der Waals surface area contributed by atoms with Crippen molar-refractivity contribution < 1.29 is 17.5 Å². The summed E-state index contributed by atoms with van der Waals surface area (Å²) in [5.74, 6) is 0.195. The second kappa shape index (κ2) is 8.59. The lowest BCUT2D eigenvalue weighted by Gasteiger charge is -2.10. The largest absolute Gasteiger partial charge is 0.495 e. The summed E-state index contributed by atoms with van der Waals surface area (Å²) in [6.07, 6.45) is 5.03. The Balaban J connectivity index is 1.74. The number of aromatic nitrogens is 2. The van der Waals surface area contributed by atoms with Crippen molar-refractivity contribution >= 4 is 16.1 Å². The maximum absolute atomic E-state index is 13.4. The van der Waals surface area contributed by atoms with Crippen molar-refractivity contribution in [3.05, 3.63) is 82.5 Å². The Hall–Kier alpha value is -2.97. The standard InChI is InChI=1S/C21H22FN3O3S/c1-15-8-18(10-19(22)9-15)12-24-29(26,27)7-6-17-4-5-20(21(11-17)28-3)25-13-16(2)23-14-25/h4-11,13-14,24H,12H2,1-3H3/b7-6+. The molecule has 2 aromatic carbocycles. The van der Waals surface area contributed by atoms with Gasteiger partial charge in [0, 0.05) is 18.1 Å². The van der Waals surface area contributed by atoms with Crippen molar-refractivity contribution in [2.75, 3.05) is 7.11 Å². The third kappa shape index (κ3) is 5.52. The number of hydrogen-bond donors (Lipinski definition) is 1. The zero-order valence-electron chi connectivity index (χ0n) is 16.4. The average molecular weight is 415 g/mol. The van der Waals surface area contributed by atoms with Crippen molar-refractivity contribution in [1.29, 1.82) is 0 Å². The van der Waals surface area contributed by atoms with E-state index in [-0.39, 0.29) is 6.54 Å². The zero-order chi connectivity index (χ0) is 21.0. The van der Waals surface area contributed by atoms with E-state index in [1.165, 1.54) is 18.2 Å². The number of methoxy groups -OCH3 is 1. The highest BCUT2D eigenvalue weighted by molar-refractivity contribution is 7.92. The summed E-state index contributed by atoms with van der Waals surface area (Å²) in [4.78, 5) is 4.20. The molecule has 152 valence electrons. The number of rotatable bonds is 7. The first-order chi connectivity index (χ1) is 13.8. The maximum atomic E-state index is 13.4. The predicted octanol–water partition coefficient (Wildman–Crippen LogP) is 3.73. The molecule has 0 spiro atoms. The van der Waals surface area contributed by atoms with Crippen LogP contribution in [0.5, 0.6) is 5.75 Å². The molecule has 0 saturated heterocycles. The molecule has 0 fully saturated rings. The highest BCUT2D eigenvalue weighted by Gasteiger charge is 2.09. The molecule has 0 bridgehead atoms. The van der Waals surface area contributed by atoms with Gasteiger partial charge in [0.25, 0.3) is 0 Å². The van der Waals surface area contributed by atoms with Gasteiger partial charge in [-0.15, -0.1) is 0 Å². The molecule has 6 nitrogen and oxygen atoms in total. The third-order valence-corrected chi connectivity index (χ3v) is 5.25. The fourth-order valence-corrected chi connectivity index (χ4v) is 3.68. The van der Waals surface area contributed by atoms with Gasteiger partial charge in [-0.2, -0.15) is 0 Å². The van der Waals surface area contributed by atoms with E-state index < -0.39 is 15.8 Å². The lowest BCUT2D eigenvalue weighted by molar-refractivity contribution is 0.413. The summed E-state index contributed by atoms with van der Waals surface area (Å²) in [6.45, 7) is 3.65. The van der Waals surface area contributed by atoms with E-state index in [1.54, 1.807) is 38.6 Å². The van der Waals surface area contributed by atoms with E-state index in [1.807, 2.05) is 23.8 Å². The Morgan fingerprint density at radius 1 is 1.21 bits per heavy atom. The van der Waals surface area contributed by atoms with E-state index in [9.17, 15) is 12.8 Å². The minimum absolute atomic E-state index is 0.00745. The summed E-state index contributed by atoms with van der Waals surface area (Å²) in [5, 5.41) is 1.08. The molecule has 0 unspecified atom stereocenters. The van der Waals surface area contributed by atoms with E-state index in [0.29, 0.717) is 16.9 Å². The first-order valence-corrected chi connectivity index (χ1v) is 10.4. The second-order valence-corrected chi connectivity index (χ2v) is 8.31. The Labute approximate surface area is 169 Å². The molecule has 3 aromatic rings. The quantitative estimate of drug-likeness (QED) is 0.638. The van der Waals surface area contributed by atoms with Crippen molar-refractivity contribution in [1.82, 2.24) is 14.3 Å². The fourth-order valence-electron chi connectivity index (χ4n) is 2.88. The van der Waals surface area contributed by atoms with E-state index >= 15 is 0 Å². The SMILES string of the molecule is COc1cc(/C=C/S(=O)(=O)NCc2cc(C)cc(F)c2)ccc1-n1cnc(C)c1. The molecule has 3 rings (SSSR count). The lowest BCUT2D eigenvalue weighted by Crippen LogP contribution is -2.20. The van der Waals surface area contributed by atoms with Crippen molar-refractivity contribution in [3.63, 3.8) is 0 Å². The highest BCUT2D eigenvalue weighted by atomic mass is 32.2. The number of imidazole rings is 1. The van der Waals surface area contributed by atoms with E-state index in [2.05, 4.69) is 9.71 Å². The Morgan fingerprint density at radius 3 is 2.66 bits per heavy atom. The summed E-state index contributed by atoms with van der Waals surface area (Å²) in [6, 6.07) is 9.79. The van der Waals surface area contributed by atoms with Crippen molar-refractivity contribution in [3.8, 4) is 11.4 Å². The number of sulfonamides is 1. The van der Waals surface area contributed by atoms with E-state index in [0.717, 1.165) is 22.4 Å². The monoisotopic (exact) mass is 415 g/mol. The lowest BCUT2D eigenvalue weighted by atomic mass is 10.1. The number of hydrogen-bond acceptors (Lipinski definition) is 4. The molecule has 0 amide bonds. The first-order valence-electron chi connectivity index (χ1n) is 8.88. The Bertz CT molecular complexity index is 1130. The van der Waals surface area contributed by atoms with Crippen LogP contribution in [0.4, 0.5) is 4.39 Å². The maximum Gasteiger partial charge on any atom is 0.234 e. The topological polar surface area (TPSA) is 73.2 Å². The molecular formula is C21H22FN3O3S. The molecule has 0 saturated carbocycles. The van der Waals surface area contributed by atoms with Crippen LogP contribution in [0.15, 0.2) is 54.3 Å². The van der Waals surface area contributed by atoms with Gasteiger partial charge in [0.2, 0.25) is 10.0 Å². The van der Waals surface area contributed by atoms with Crippen LogP contribution in [0.2, 0.25) is 0 Å². The van der Waals surface area contributed by atoms with Gasteiger partial charge in [-0.05, 0) is 60.9 Å². The summed E-state index contributed by atoms with van der Waals surface area (Å²) in [5.41, 5.74) is 3.62. The van der Waals surface area contributed by atoms with Gasteiger partial charge in [-0.1, -0.05) is 12.1 Å².